The summed E-state index contributed by atoms with van der Waals surface area (Å²) in [5.41, 5.74) is 11.8. The zero-order valence-electron chi connectivity index (χ0n) is 37.7. The molecule has 0 radical (unpaired) electrons. The Hall–Kier alpha value is -5.88. The Bertz CT molecular complexity index is 1960. The molecule has 2 aliphatic rings. The van der Waals surface area contributed by atoms with Gasteiger partial charge in [-0.2, -0.15) is 0 Å². The smallest absolute Gasteiger partial charge is 0.326 e. The van der Waals surface area contributed by atoms with Crippen LogP contribution in [0.25, 0.3) is 0 Å². The lowest BCUT2D eigenvalue weighted by atomic mass is 9.96. The van der Waals surface area contributed by atoms with Crippen molar-refractivity contribution in [3.63, 3.8) is 0 Å². The molecule has 2 fully saturated rings. The molecule has 2 aromatic rings. The summed E-state index contributed by atoms with van der Waals surface area (Å²) in [5.74, 6) is -6.41. The lowest BCUT2D eigenvalue weighted by molar-refractivity contribution is -0.149. The van der Waals surface area contributed by atoms with Crippen molar-refractivity contribution >= 4 is 47.3 Å². The predicted molar refractivity (Wildman–Crippen MR) is 237 cm³/mol. The van der Waals surface area contributed by atoms with Crippen LogP contribution in [0.1, 0.15) is 91.2 Å². The van der Waals surface area contributed by atoms with Gasteiger partial charge in [-0.05, 0) is 70.4 Å². The van der Waals surface area contributed by atoms with E-state index in [1.54, 1.807) is 89.2 Å². The number of carboxylic acid groups (broad SMARTS) is 1. The number of carbonyl (C=O) groups is 8. The van der Waals surface area contributed by atoms with E-state index < -0.39 is 114 Å². The van der Waals surface area contributed by atoms with Crippen molar-refractivity contribution < 1.29 is 48.2 Å². The highest BCUT2D eigenvalue weighted by Gasteiger charge is 2.42. The molecule has 9 N–H and O–H groups in total. The number of amides is 7. The second kappa shape index (κ2) is 23.2. The van der Waals surface area contributed by atoms with Gasteiger partial charge in [-0.3, -0.25) is 33.6 Å². The van der Waals surface area contributed by atoms with E-state index in [-0.39, 0.29) is 38.8 Å². The van der Waals surface area contributed by atoms with Crippen LogP contribution in [-0.4, -0.2) is 129 Å². The number of likely N-dealkylation sites (tertiary alicyclic amines) is 2. The van der Waals surface area contributed by atoms with E-state index in [0.717, 1.165) is 5.56 Å². The molecule has 0 bridgehead atoms. The third kappa shape index (κ3) is 14.3. The fourth-order valence-corrected chi connectivity index (χ4v) is 8.17. The van der Waals surface area contributed by atoms with Crippen molar-refractivity contribution in [1.29, 1.82) is 0 Å². The number of hydrogen-bond donors (Lipinski definition) is 7. The maximum atomic E-state index is 14.5. The van der Waals surface area contributed by atoms with E-state index >= 15 is 0 Å². The van der Waals surface area contributed by atoms with Crippen molar-refractivity contribution in [3.8, 4) is 0 Å². The van der Waals surface area contributed by atoms with E-state index in [9.17, 15) is 43.5 Å². The summed E-state index contributed by atoms with van der Waals surface area (Å²) in [6.45, 7) is 10.9. The van der Waals surface area contributed by atoms with Crippen molar-refractivity contribution in [1.82, 2.24) is 31.1 Å². The molecule has 4 rings (SSSR count). The van der Waals surface area contributed by atoms with E-state index in [0.29, 0.717) is 24.8 Å². The number of carbonyl (C=O) groups excluding carboxylic acids is 7. The average Bonchev–Trinajstić information content (AvgIpc) is 3.95. The molecule has 0 spiro atoms. The van der Waals surface area contributed by atoms with E-state index in [4.69, 9.17) is 16.2 Å². The zero-order chi connectivity index (χ0) is 47.3. The molecular weight excluding hydrogens is 825 g/mol. The Kier molecular flexibility index (Phi) is 18.4. The maximum Gasteiger partial charge on any atom is 0.326 e. The molecule has 2 saturated heterocycles. The lowest BCUT2D eigenvalue weighted by Crippen LogP contribution is -2.63. The topological polar surface area (TPSA) is 273 Å². The summed E-state index contributed by atoms with van der Waals surface area (Å²) in [4.78, 5) is 111. The van der Waals surface area contributed by atoms with Crippen LogP contribution in [0.15, 0.2) is 60.7 Å². The van der Waals surface area contributed by atoms with Crippen LogP contribution in [0, 0.1) is 5.92 Å². The van der Waals surface area contributed by atoms with Gasteiger partial charge >= 0.3 is 5.97 Å². The number of nitrogens with two attached hydrogens (primary N) is 2. The minimum atomic E-state index is -1.42. The first-order valence-electron chi connectivity index (χ1n) is 22.0. The number of carboxylic acids is 1. The van der Waals surface area contributed by atoms with E-state index in [1.807, 2.05) is 13.0 Å². The van der Waals surface area contributed by atoms with Crippen molar-refractivity contribution in [2.24, 2.45) is 17.4 Å². The first-order valence-corrected chi connectivity index (χ1v) is 22.0. The molecule has 350 valence electrons. The SMILES string of the molecule is CC[C@H](C)[C@H](NC(=O)[C@@H](NC(=O)[C@H](Cc1ccccc1)NC(=O)[C@@H]1CCCN1C(=O)[C@@H](N)CC(N)=O)[C@@H](C)OC(C)(C)C)C(=O)N[C@@H](Cc1ccccc1)C(=O)N1CCC[C@H]1C(=O)O. The highest BCUT2D eigenvalue weighted by molar-refractivity contribution is 5.98. The Morgan fingerprint density at radius 1 is 0.719 bits per heavy atom. The molecule has 18 nitrogen and oxygen atoms in total. The fraction of sp³-hybridized carbons (Fsp3) is 0.565. The molecule has 2 aliphatic heterocycles. The number of rotatable bonds is 21. The molecule has 0 aromatic heterocycles. The number of nitrogens with zero attached hydrogens (tertiary/aromatic N) is 2. The molecule has 7 amide bonds. The Morgan fingerprint density at radius 3 is 1.73 bits per heavy atom. The van der Waals surface area contributed by atoms with Gasteiger partial charge in [0.05, 0.1) is 24.2 Å². The highest BCUT2D eigenvalue weighted by Crippen LogP contribution is 2.22. The third-order valence-corrected chi connectivity index (χ3v) is 11.6. The van der Waals surface area contributed by atoms with Gasteiger partial charge in [0, 0.05) is 25.9 Å². The van der Waals surface area contributed by atoms with Gasteiger partial charge in [0.25, 0.3) is 0 Å². The van der Waals surface area contributed by atoms with E-state index in [2.05, 4.69) is 21.3 Å². The van der Waals surface area contributed by atoms with Gasteiger partial charge in [0.15, 0.2) is 0 Å². The van der Waals surface area contributed by atoms with E-state index in [1.165, 1.54) is 9.80 Å². The molecule has 2 aromatic carbocycles. The summed E-state index contributed by atoms with van der Waals surface area (Å²) >= 11 is 0. The van der Waals surface area contributed by atoms with Crippen LogP contribution in [0.2, 0.25) is 0 Å². The van der Waals surface area contributed by atoms with Crippen molar-refractivity contribution in [3.05, 3.63) is 71.8 Å². The van der Waals surface area contributed by atoms with Gasteiger partial charge < -0.3 is 52.4 Å². The maximum absolute atomic E-state index is 14.5. The lowest BCUT2D eigenvalue weighted by Gasteiger charge is -2.34. The normalized spacial score (nSPS) is 19.5. The second-order valence-corrected chi connectivity index (χ2v) is 17.8. The quantitative estimate of drug-likeness (QED) is 0.0927. The first kappa shape index (κ1) is 50.8. The minimum absolute atomic E-state index is 0.00238. The van der Waals surface area contributed by atoms with Crippen LogP contribution in [-0.2, 0) is 55.9 Å². The molecule has 9 atom stereocenters. The Balaban J connectivity index is 1.62. The average molecular weight is 891 g/mol. The van der Waals surface area contributed by atoms with Gasteiger partial charge in [0.1, 0.15) is 36.3 Å². The molecule has 0 saturated carbocycles. The van der Waals surface area contributed by atoms with Gasteiger partial charge in [-0.25, -0.2) is 4.79 Å². The molecule has 18 heteroatoms. The standard InChI is InChI=1S/C46H66N8O10/c1-7-27(2)37(41(58)50-33(25-30-18-12-9-13-19-30)44(61)54-23-15-21-35(54)45(62)63)51-42(59)38(28(3)64-46(4,5)6)52-39(56)32(24-29-16-10-8-11-17-29)49-40(57)34-20-14-22-53(34)43(60)31(47)26-36(48)55/h8-13,16-19,27-28,31-35,37-38H,7,14-15,20-26,47H2,1-6H3,(H2,48,55)(H,49,57)(H,50,58)(H,51,59)(H,52,56)(H,62,63)/t27-,28+,31-,32-,33-,34-,35-,37-,38-/m0/s1. The highest BCUT2D eigenvalue weighted by atomic mass is 16.5. The monoisotopic (exact) mass is 890 g/mol. The molecule has 0 unspecified atom stereocenters. The molecule has 64 heavy (non-hydrogen) atoms. The summed E-state index contributed by atoms with van der Waals surface area (Å²) < 4.78 is 6.20. The summed E-state index contributed by atoms with van der Waals surface area (Å²) in [7, 11) is 0. The van der Waals surface area contributed by atoms with Gasteiger partial charge in [-0.15, -0.1) is 0 Å². The predicted octanol–water partition coefficient (Wildman–Crippen LogP) is 0.930. The number of hydrogen-bond acceptors (Lipinski definition) is 10. The third-order valence-electron chi connectivity index (χ3n) is 11.6. The Morgan fingerprint density at radius 2 is 1.22 bits per heavy atom. The van der Waals surface area contributed by atoms with Crippen LogP contribution < -0.4 is 32.7 Å². The molecular formula is C46H66N8O10. The largest absolute Gasteiger partial charge is 0.480 e. The van der Waals surface area contributed by atoms with Gasteiger partial charge in [-0.1, -0.05) is 80.9 Å². The summed E-state index contributed by atoms with van der Waals surface area (Å²) in [6, 6.07) is 9.52. The van der Waals surface area contributed by atoms with Crippen LogP contribution in [0.5, 0.6) is 0 Å². The van der Waals surface area contributed by atoms with Crippen LogP contribution in [0.3, 0.4) is 0 Å². The van der Waals surface area contributed by atoms with Crippen molar-refractivity contribution in [2.75, 3.05) is 13.1 Å². The zero-order valence-corrected chi connectivity index (χ0v) is 37.7. The summed E-state index contributed by atoms with van der Waals surface area (Å²) in [5, 5.41) is 21.1. The number of benzene rings is 2. The summed E-state index contributed by atoms with van der Waals surface area (Å²) in [6.07, 6.45) is 0.612. The number of aliphatic carboxylic acids is 1. The van der Waals surface area contributed by atoms with Crippen molar-refractivity contribution in [2.45, 2.75) is 147 Å². The van der Waals surface area contributed by atoms with Gasteiger partial charge in [0.2, 0.25) is 41.4 Å². The Labute approximate surface area is 374 Å². The first-order chi connectivity index (χ1) is 30.2. The number of primary amides is 1. The molecule has 2 heterocycles. The fourth-order valence-electron chi connectivity index (χ4n) is 8.17. The minimum Gasteiger partial charge on any atom is -0.480 e. The van der Waals surface area contributed by atoms with Crippen LogP contribution in [0.4, 0.5) is 0 Å². The second-order valence-electron chi connectivity index (χ2n) is 17.8. The van der Waals surface area contributed by atoms with Crippen LogP contribution >= 0.6 is 0 Å². The number of nitrogens with one attached hydrogen (secondary N) is 4. The number of ether oxygens (including phenoxy) is 1. The molecule has 0 aliphatic carbocycles.